The number of aliphatic carboxylic acids is 1. The van der Waals surface area contributed by atoms with E-state index < -0.39 is 11.9 Å². The maximum Gasteiger partial charge on any atom is 0.312 e. The zero-order valence-corrected chi connectivity index (χ0v) is 9.78. The van der Waals surface area contributed by atoms with Crippen LogP contribution < -0.4 is 10.5 Å². The molecule has 0 radical (unpaired) electrons. The summed E-state index contributed by atoms with van der Waals surface area (Å²) in [4.78, 5) is 11.1. The van der Waals surface area contributed by atoms with Gasteiger partial charge >= 0.3 is 5.97 Å². The first-order valence-electron chi connectivity index (χ1n) is 5.09. The van der Waals surface area contributed by atoms with Crippen molar-refractivity contribution in [3.05, 3.63) is 28.8 Å². The van der Waals surface area contributed by atoms with Crippen LogP contribution >= 0.6 is 0 Å². The van der Waals surface area contributed by atoms with Crippen molar-refractivity contribution in [2.75, 3.05) is 13.7 Å². The molecule has 0 amide bonds. The van der Waals surface area contributed by atoms with E-state index in [1.807, 2.05) is 19.9 Å². The van der Waals surface area contributed by atoms with Crippen LogP contribution in [0.25, 0.3) is 0 Å². The van der Waals surface area contributed by atoms with Gasteiger partial charge in [0.1, 0.15) is 5.75 Å². The minimum absolute atomic E-state index is 0.0655. The summed E-state index contributed by atoms with van der Waals surface area (Å²) >= 11 is 0. The molecular weight excluding hydrogens is 206 g/mol. The van der Waals surface area contributed by atoms with Gasteiger partial charge in [-0.3, -0.25) is 4.79 Å². The third-order valence-electron chi connectivity index (χ3n) is 2.85. The summed E-state index contributed by atoms with van der Waals surface area (Å²) in [7, 11) is 1.53. The molecule has 3 N–H and O–H groups in total. The van der Waals surface area contributed by atoms with Crippen molar-refractivity contribution in [3.8, 4) is 5.75 Å². The van der Waals surface area contributed by atoms with E-state index in [4.69, 9.17) is 15.6 Å². The van der Waals surface area contributed by atoms with E-state index in [1.54, 1.807) is 6.07 Å². The Morgan fingerprint density at radius 2 is 2.12 bits per heavy atom. The fourth-order valence-corrected chi connectivity index (χ4v) is 1.77. The molecule has 0 spiro atoms. The Balaban J connectivity index is 3.38. The van der Waals surface area contributed by atoms with Gasteiger partial charge in [0.25, 0.3) is 0 Å². The number of aryl methyl sites for hydroxylation is 1. The SMILES string of the molecule is COc1ccc(C)c(C)c1C(CN)C(=O)O. The Morgan fingerprint density at radius 3 is 2.56 bits per heavy atom. The lowest BCUT2D eigenvalue weighted by molar-refractivity contribution is -0.138. The molecule has 1 aromatic carbocycles. The van der Waals surface area contributed by atoms with E-state index in [2.05, 4.69) is 0 Å². The summed E-state index contributed by atoms with van der Waals surface area (Å²) in [5.41, 5.74) is 8.16. The molecule has 1 rings (SSSR count). The predicted molar refractivity (Wildman–Crippen MR) is 61.9 cm³/mol. The van der Waals surface area contributed by atoms with Gasteiger partial charge in [-0.2, -0.15) is 0 Å². The van der Waals surface area contributed by atoms with Gasteiger partial charge in [-0.15, -0.1) is 0 Å². The van der Waals surface area contributed by atoms with Crippen molar-refractivity contribution in [1.82, 2.24) is 0 Å². The first kappa shape index (κ1) is 12.5. The van der Waals surface area contributed by atoms with Crippen LogP contribution in [0.2, 0.25) is 0 Å². The predicted octanol–water partition coefficient (Wildman–Crippen LogP) is 1.44. The van der Waals surface area contributed by atoms with Crippen LogP contribution in [0.3, 0.4) is 0 Å². The molecule has 4 nitrogen and oxygen atoms in total. The summed E-state index contributed by atoms with van der Waals surface area (Å²) in [5.74, 6) is -1.05. The van der Waals surface area contributed by atoms with Crippen LogP contribution in [0, 0.1) is 13.8 Å². The van der Waals surface area contributed by atoms with Crippen LogP contribution in [0.4, 0.5) is 0 Å². The zero-order valence-electron chi connectivity index (χ0n) is 9.78. The van der Waals surface area contributed by atoms with Gasteiger partial charge in [-0.1, -0.05) is 6.07 Å². The number of carboxylic acid groups (broad SMARTS) is 1. The van der Waals surface area contributed by atoms with Crippen molar-refractivity contribution >= 4 is 5.97 Å². The third-order valence-corrected chi connectivity index (χ3v) is 2.85. The Morgan fingerprint density at radius 1 is 1.50 bits per heavy atom. The number of hydrogen-bond acceptors (Lipinski definition) is 3. The van der Waals surface area contributed by atoms with Crippen molar-refractivity contribution in [3.63, 3.8) is 0 Å². The normalized spacial score (nSPS) is 12.2. The van der Waals surface area contributed by atoms with Crippen molar-refractivity contribution in [1.29, 1.82) is 0 Å². The molecule has 88 valence electrons. The highest BCUT2D eigenvalue weighted by molar-refractivity contribution is 5.78. The number of carboxylic acids is 1. The Hall–Kier alpha value is -1.55. The van der Waals surface area contributed by atoms with Crippen molar-refractivity contribution in [2.24, 2.45) is 5.73 Å². The van der Waals surface area contributed by atoms with Crippen molar-refractivity contribution < 1.29 is 14.6 Å². The molecule has 0 aliphatic rings. The molecule has 0 saturated heterocycles. The number of carbonyl (C=O) groups is 1. The Labute approximate surface area is 95.0 Å². The average Bonchev–Trinajstić information content (AvgIpc) is 2.25. The summed E-state index contributed by atoms with van der Waals surface area (Å²) in [6.07, 6.45) is 0. The average molecular weight is 223 g/mol. The lowest BCUT2D eigenvalue weighted by atomic mass is 9.91. The second-order valence-electron chi connectivity index (χ2n) is 3.75. The van der Waals surface area contributed by atoms with Gasteiger partial charge in [-0.05, 0) is 31.0 Å². The van der Waals surface area contributed by atoms with E-state index in [9.17, 15) is 4.79 Å². The van der Waals surface area contributed by atoms with Gasteiger partial charge in [0, 0.05) is 12.1 Å². The summed E-state index contributed by atoms with van der Waals surface area (Å²) < 4.78 is 5.20. The highest BCUT2D eigenvalue weighted by atomic mass is 16.5. The quantitative estimate of drug-likeness (QED) is 0.810. The van der Waals surface area contributed by atoms with E-state index in [0.717, 1.165) is 11.1 Å². The number of methoxy groups -OCH3 is 1. The van der Waals surface area contributed by atoms with E-state index in [0.29, 0.717) is 11.3 Å². The number of benzene rings is 1. The van der Waals surface area contributed by atoms with Crippen molar-refractivity contribution in [2.45, 2.75) is 19.8 Å². The van der Waals surface area contributed by atoms with Crippen LogP contribution in [0.5, 0.6) is 5.75 Å². The lowest BCUT2D eigenvalue weighted by Gasteiger charge is -2.18. The number of nitrogens with two attached hydrogens (primary N) is 1. The van der Waals surface area contributed by atoms with Crippen LogP contribution in [0.1, 0.15) is 22.6 Å². The molecule has 0 aliphatic heterocycles. The second kappa shape index (κ2) is 4.99. The largest absolute Gasteiger partial charge is 0.496 e. The van der Waals surface area contributed by atoms with Crippen LogP contribution in [-0.4, -0.2) is 24.7 Å². The number of rotatable bonds is 4. The minimum Gasteiger partial charge on any atom is -0.496 e. The van der Waals surface area contributed by atoms with Crippen LogP contribution in [-0.2, 0) is 4.79 Å². The third kappa shape index (κ3) is 2.17. The molecule has 0 bridgehead atoms. The number of hydrogen-bond donors (Lipinski definition) is 2. The molecule has 16 heavy (non-hydrogen) atoms. The molecule has 0 aliphatic carbocycles. The maximum absolute atomic E-state index is 11.1. The van der Waals surface area contributed by atoms with Gasteiger partial charge < -0.3 is 15.6 Å². The molecule has 4 heteroatoms. The molecule has 0 fully saturated rings. The van der Waals surface area contributed by atoms with Gasteiger partial charge in [0.05, 0.1) is 13.0 Å². The summed E-state index contributed by atoms with van der Waals surface area (Å²) in [6.45, 7) is 3.89. The first-order valence-corrected chi connectivity index (χ1v) is 5.09. The topological polar surface area (TPSA) is 72.5 Å². The highest BCUT2D eigenvalue weighted by Gasteiger charge is 2.24. The van der Waals surface area contributed by atoms with E-state index >= 15 is 0 Å². The molecule has 1 atom stereocenters. The molecular formula is C12H17NO3. The van der Waals surface area contributed by atoms with Gasteiger partial charge in [0.15, 0.2) is 0 Å². The Kier molecular flexibility index (Phi) is 3.90. The number of ether oxygens (including phenoxy) is 1. The molecule has 0 heterocycles. The Bertz CT molecular complexity index is 401. The summed E-state index contributed by atoms with van der Waals surface area (Å²) in [6, 6.07) is 3.69. The maximum atomic E-state index is 11.1. The molecule has 0 aromatic heterocycles. The molecule has 1 aromatic rings. The minimum atomic E-state index is -0.922. The highest BCUT2D eigenvalue weighted by Crippen LogP contribution is 2.31. The fourth-order valence-electron chi connectivity index (χ4n) is 1.77. The van der Waals surface area contributed by atoms with E-state index in [-0.39, 0.29) is 6.54 Å². The zero-order chi connectivity index (χ0) is 12.3. The smallest absolute Gasteiger partial charge is 0.312 e. The first-order chi connectivity index (χ1) is 7.52. The van der Waals surface area contributed by atoms with Gasteiger partial charge in [0.2, 0.25) is 0 Å². The summed E-state index contributed by atoms with van der Waals surface area (Å²) in [5, 5.41) is 9.13. The fraction of sp³-hybridized carbons (Fsp3) is 0.417. The molecule has 0 saturated carbocycles. The van der Waals surface area contributed by atoms with Crippen LogP contribution in [0.15, 0.2) is 12.1 Å². The van der Waals surface area contributed by atoms with Gasteiger partial charge in [-0.25, -0.2) is 0 Å². The second-order valence-corrected chi connectivity index (χ2v) is 3.75. The lowest BCUT2D eigenvalue weighted by Crippen LogP contribution is -2.22. The molecule has 1 unspecified atom stereocenters. The standard InChI is InChI=1S/C12H17NO3/c1-7-4-5-10(16-3)11(8(7)2)9(6-13)12(14)15/h4-5,9H,6,13H2,1-3H3,(H,14,15). The van der Waals surface area contributed by atoms with E-state index in [1.165, 1.54) is 7.11 Å². The monoisotopic (exact) mass is 223 g/mol.